The fourth-order valence-corrected chi connectivity index (χ4v) is 1.79. The maximum atomic E-state index is 5.68. The molecule has 0 saturated carbocycles. The highest BCUT2D eigenvalue weighted by Crippen LogP contribution is 2.27. The van der Waals surface area contributed by atoms with Gasteiger partial charge in [0.25, 0.3) is 0 Å². The second-order valence-corrected chi connectivity index (χ2v) is 4.36. The van der Waals surface area contributed by atoms with Crippen LogP contribution < -0.4 is 5.73 Å². The number of nitrogens with one attached hydrogen (secondary N) is 1. The van der Waals surface area contributed by atoms with Crippen molar-refractivity contribution in [2.45, 2.75) is 26.7 Å². The molecule has 3 nitrogen and oxygen atoms in total. The lowest BCUT2D eigenvalue weighted by atomic mass is 10.0. The molecule has 0 radical (unpaired) electrons. The van der Waals surface area contributed by atoms with E-state index in [1.54, 1.807) is 0 Å². The summed E-state index contributed by atoms with van der Waals surface area (Å²) < 4.78 is 0. The predicted octanol–water partition coefficient (Wildman–Crippen LogP) is 3.09. The van der Waals surface area contributed by atoms with Crippen molar-refractivity contribution < 1.29 is 0 Å². The van der Waals surface area contributed by atoms with E-state index in [2.05, 4.69) is 23.8 Å². The van der Waals surface area contributed by atoms with E-state index in [9.17, 15) is 0 Å². The number of imidazole rings is 1. The van der Waals surface area contributed by atoms with Gasteiger partial charge in [-0.25, -0.2) is 4.98 Å². The molecule has 3 N–H and O–H groups in total. The van der Waals surface area contributed by atoms with Crippen LogP contribution in [0.3, 0.4) is 0 Å². The molecule has 0 fully saturated rings. The minimum absolute atomic E-state index is 0.439. The summed E-state index contributed by atoms with van der Waals surface area (Å²) in [6.45, 7) is 6.30. The van der Waals surface area contributed by atoms with Crippen molar-refractivity contribution >= 4 is 5.69 Å². The Balaban J connectivity index is 2.50. The third-order valence-corrected chi connectivity index (χ3v) is 2.61. The standard InChI is InChI=1S/C13H17N3/c1-8(2)12-13(16-9(3)15-12)10-4-6-11(14)7-5-10/h4-8H,14H2,1-3H3,(H,15,16). The quantitative estimate of drug-likeness (QED) is 0.756. The average Bonchev–Trinajstić information content (AvgIpc) is 2.61. The first kappa shape index (κ1) is 10.7. The Morgan fingerprint density at radius 2 is 1.81 bits per heavy atom. The van der Waals surface area contributed by atoms with E-state index in [1.165, 1.54) is 5.69 Å². The van der Waals surface area contributed by atoms with E-state index in [4.69, 9.17) is 5.73 Å². The van der Waals surface area contributed by atoms with Crippen LogP contribution in [-0.2, 0) is 0 Å². The molecule has 0 aliphatic rings. The predicted molar refractivity (Wildman–Crippen MR) is 67.3 cm³/mol. The number of hydrogen-bond acceptors (Lipinski definition) is 2. The minimum atomic E-state index is 0.439. The summed E-state index contributed by atoms with van der Waals surface area (Å²) in [5, 5.41) is 0. The number of anilines is 1. The topological polar surface area (TPSA) is 54.7 Å². The maximum absolute atomic E-state index is 5.68. The molecule has 0 amide bonds. The summed E-state index contributed by atoms with van der Waals surface area (Å²) in [7, 11) is 0. The number of nitrogen functional groups attached to an aromatic ring is 1. The number of benzene rings is 1. The molecule has 84 valence electrons. The van der Waals surface area contributed by atoms with Crippen LogP contribution >= 0.6 is 0 Å². The van der Waals surface area contributed by atoms with Crippen molar-refractivity contribution in [3.05, 3.63) is 35.8 Å². The molecule has 16 heavy (non-hydrogen) atoms. The van der Waals surface area contributed by atoms with Crippen LogP contribution in [0.2, 0.25) is 0 Å². The minimum Gasteiger partial charge on any atom is -0.399 e. The van der Waals surface area contributed by atoms with Crippen LogP contribution in [0.5, 0.6) is 0 Å². The maximum Gasteiger partial charge on any atom is 0.103 e. The summed E-state index contributed by atoms with van der Waals surface area (Å²) in [5.41, 5.74) is 9.79. The van der Waals surface area contributed by atoms with Gasteiger partial charge in [0, 0.05) is 16.9 Å². The average molecular weight is 215 g/mol. The van der Waals surface area contributed by atoms with Crippen molar-refractivity contribution in [1.82, 2.24) is 9.97 Å². The molecule has 2 aromatic rings. The zero-order chi connectivity index (χ0) is 11.7. The summed E-state index contributed by atoms with van der Waals surface area (Å²) in [4.78, 5) is 7.85. The smallest absolute Gasteiger partial charge is 0.103 e. The van der Waals surface area contributed by atoms with Crippen LogP contribution in [0.25, 0.3) is 11.3 Å². The molecule has 0 unspecified atom stereocenters. The molecule has 0 saturated heterocycles. The first-order chi connectivity index (χ1) is 7.58. The monoisotopic (exact) mass is 215 g/mol. The molecule has 1 aromatic carbocycles. The Kier molecular flexibility index (Phi) is 2.69. The van der Waals surface area contributed by atoms with E-state index < -0.39 is 0 Å². The van der Waals surface area contributed by atoms with Gasteiger partial charge in [-0.3, -0.25) is 0 Å². The number of rotatable bonds is 2. The molecular weight excluding hydrogens is 198 g/mol. The van der Waals surface area contributed by atoms with Gasteiger partial charge in [0.1, 0.15) is 5.82 Å². The van der Waals surface area contributed by atoms with Crippen molar-refractivity contribution in [3.8, 4) is 11.3 Å². The Labute approximate surface area is 95.7 Å². The molecule has 0 aliphatic carbocycles. The van der Waals surface area contributed by atoms with Gasteiger partial charge in [0.15, 0.2) is 0 Å². The molecule has 0 bridgehead atoms. The van der Waals surface area contributed by atoms with Crippen molar-refractivity contribution in [1.29, 1.82) is 0 Å². The molecule has 0 atom stereocenters. The first-order valence-electron chi connectivity index (χ1n) is 5.50. The molecular formula is C13H17N3. The highest BCUT2D eigenvalue weighted by atomic mass is 14.9. The van der Waals surface area contributed by atoms with Gasteiger partial charge in [-0.15, -0.1) is 0 Å². The summed E-state index contributed by atoms with van der Waals surface area (Å²) in [6.07, 6.45) is 0. The SMILES string of the molecule is Cc1nc(-c2ccc(N)cc2)c(C(C)C)[nH]1. The summed E-state index contributed by atoms with van der Waals surface area (Å²) in [6, 6.07) is 7.83. The van der Waals surface area contributed by atoms with Gasteiger partial charge in [0.05, 0.1) is 5.69 Å². The third kappa shape index (κ3) is 1.94. The van der Waals surface area contributed by atoms with Gasteiger partial charge in [-0.05, 0) is 25.0 Å². The lowest BCUT2D eigenvalue weighted by Crippen LogP contribution is -1.92. The fourth-order valence-electron chi connectivity index (χ4n) is 1.79. The van der Waals surface area contributed by atoms with Gasteiger partial charge in [-0.1, -0.05) is 26.0 Å². The molecule has 3 heteroatoms. The van der Waals surface area contributed by atoms with Crippen LogP contribution in [0, 0.1) is 6.92 Å². The van der Waals surface area contributed by atoms with Crippen molar-refractivity contribution in [2.75, 3.05) is 5.73 Å². The number of nitrogens with two attached hydrogens (primary N) is 1. The Morgan fingerprint density at radius 3 is 2.38 bits per heavy atom. The van der Waals surface area contributed by atoms with Gasteiger partial charge in [0.2, 0.25) is 0 Å². The van der Waals surface area contributed by atoms with Crippen LogP contribution in [-0.4, -0.2) is 9.97 Å². The second-order valence-electron chi connectivity index (χ2n) is 4.36. The molecule has 1 aromatic heterocycles. The fraction of sp³-hybridized carbons (Fsp3) is 0.308. The largest absolute Gasteiger partial charge is 0.399 e. The number of aromatic amines is 1. The number of hydrogen-bond donors (Lipinski definition) is 2. The summed E-state index contributed by atoms with van der Waals surface area (Å²) >= 11 is 0. The highest BCUT2D eigenvalue weighted by Gasteiger charge is 2.12. The first-order valence-corrected chi connectivity index (χ1v) is 5.50. The Morgan fingerprint density at radius 1 is 1.19 bits per heavy atom. The lowest BCUT2D eigenvalue weighted by molar-refractivity contribution is 0.831. The van der Waals surface area contributed by atoms with E-state index in [0.717, 1.165) is 22.8 Å². The van der Waals surface area contributed by atoms with Crippen molar-refractivity contribution in [2.24, 2.45) is 0 Å². The van der Waals surface area contributed by atoms with Crippen LogP contribution in [0.4, 0.5) is 5.69 Å². The summed E-state index contributed by atoms with van der Waals surface area (Å²) in [5.74, 6) is 1.39. The number of nitrogens with zero attached hydrogens (tertiary/aromatic N) is 1. The van der Waals surface area contributed by atoms with E-state index >= 15 is 0 Å². The number of aromatic nitrogens is 2. The molecule has 0 aliphatic heterocycles. The van der Waals surface area contributed by atoms with Crippen molar-refractivity contribution in [3.63, 3.8) is 0 Å². The van der Waals surface area contributed by atoms with Crippen LogP contribution in [0.1, 0.15) is 31.3 Å². The lowest BCUT2D eigenvalue weighted by Gasteiger charge is -2.05. The molecule has 2 rings (SSSR count). The second kappa shape index (κ2) is 4.00. The number of H-pyrrole nitrogens is 1. The zero-order valence-electron chi connectivity index (χ0n) is 9.91. The van der Waals surface area contributed by atoms with Gasteiger partial charge < -0.3 is 10.7 Å². The van der Waals surface area contributed by atoms with Gasteiger partial charge in [-0.2, -0.15) is 0 Å². The van der Waals surface area contributed by atoms with Gasteiger partial charge >= 0.3 is 0 Å². The zero-order valence-corrected chi connectivity index (χ0v) is 9.91. The van der Waals surface area contributed by atoms with Crippen LogP contribution in [0.15, 0.2) is 24.3 Å². The molecule has 0 spiro atoms. The number of aryl methyl sites for hydroxylation is 1. The Bertz CT molecular complexity index is 480. The van der Waals surface area contributed by atoms with E-state index in [1.807, 2.05) is 31.2 Å². The van der Waals surface area contributed by atoms with E-state index in [-0.39, 0.29) is 0 Å². The van der Waals surface area contributed by atoms with E-state index in [0.29, 0.717) is 5.92 Å². The normalized spacial score (nSPS) is 11.0. The highest BCUT2D eigenvalue weighted by molar-refractivity contribution is 5.65. The third-order valence-electron chi connectivity index (χ3n) is 2.61. The molecule has 1 heterocycles. The Hall–Kier alpha value is -1.77.